The first-order chi connectivity index (χ1) is 11.2. The monoisotopic (exact) mass is 333 g/mol. The van der Waals surface area contributed by atoms with Gasteiger partial charge in [-0.3, -0.25) is 14.9 Å². The van der Waals surface area contributed by atoms with Gasteiger partial charge in [0.2, 0.25) is 0 Å². The van der Waals surface area contributed by atoms with Gasteiger partial charge in [-0.05, 0) is 43.2 Å². The van der Waals surface area contributed by atoms with Gasteiger partial charge >= 0.3 is 5.97 Å². The molecule has 1 N–H and O–H groups in total. The highest BCUT2D eigenvalue weighted by Crippen LogP contribution is 2.31. The van der Waals surface area contributed by atoms with Crippen LogP contribution in [0.25, 0.3) is 0 Å². The molecule has 1 fully saturated rings. The smallest absolute Gasteiger partial charge is 0.324 e. The Morgan fingerprint density at radius 3 is 2.87 bits per heavy atom. The minimum Gasteiger partial charge on any atom is -0.465 e. The van der Waals surface area contributed by atoms with Crippen molar-refractivity contribution in [2.45, 2.75) is 43.9 Å². The largest absolute Gasteiger partial charge is 0.465 e. The van der Waals surface area contributed by atoms with Gasteiger partial charge in [0.05, 0.1) is 11.9 Å². The average Bonchev–Trinajstić information content (AvgIpc) is 3.05. The molecule has 0 spiro atoms. The third-order valence-corrected chi connectivity index (χ3v) is 5.89. The van der Waals surface area contributed by atoms with E-state index in [0.717, 1.165) is 19.3 Å². The summed E-state index contributed by atoms with van der Waals surface area (Å²) in [5.74, 6) is 0.904. The van der Waals surface area contributed by atoms with Gasteiger partial charge in [0, 0.05) is 12.3 Å². The third-order valence-electron chi connectivity index (χ3n) is 4.67. The lowest BCUT2D eigenvalue weighted by atomic mass is 9.81. The van der Waals surface area contributed by atoms with Crippen LogP contribution in [0.4, 0.5) is 0 Å². The van der Waals surface area contributed by atoms with E-state index in [1.165, 1.54) is 22.9 Å². The molecule has 1 saturated heterocycles. The first-order valence-electron chi connectivity index (χ1n) is 8.30. The molecule has 2 aliphatic rings. The summed E-state index contributed by atoms with van der Waals surface area (Å²) in [5, 5.41) is 2.79. The van der Waals surface area contributed by atoms with Crippen LogP contribution in [-0.2, 0) is 27.2 Å². The minimum atomic E-state index is -0.483. The van der Waals surface area contributed by atoms with E-state index in [2.05, 4.69) is 29.6 Å². The number of fused-ring (bicyclic) bond motifs is 1. The highest BCUT2D eigenvalue weighted by atomic mass is 32.2. The average molecular weight is 333 g/mol. The van der Waals surface area contributed by atoms with E-state index >= 15 is 0 Å². The highest BCUT2D eigenvalue weighted by Gasteiger charge is 2.39. The molecule has 5 heteroatoms. The molecule has 0 bridgehead atoms. The lowest BCUT2D eigenvalue weighted by Gasteiger charge is -2.25. The summed E-state index contributed by atoms with van der Waals surface area (Å²) in [6, 6.07) is 8.01. The van der Waals surface area contributed by atoms with E-state index in [-0.39, 0.29) is 17.0 Å². The lowest BCUT2D eigenvalue weighted by Crippen LogP contribution is -2.43. The number of nitrogens with one attached hydrogen (secondary N) is 1. The van der Waals surface area contributed by atoms with E-state index < -0.39 is 6.04 Å². The summed E-state index contributed by atoms with van der Waals surface area (Å²) >= 11 is 1.53. The molecule has 2 unspecified atom stereocenters. The maximum absolute atomic E-state index is 12.7. The molecule has 0 amide bonds. The lowest BCUT2D eigenvalue weighted by molar-refractivity contribution is -0.146. The van der Waals surface area contributed by atoms with E-state index in [9.17, 15) is 9.59 Å². The van der Waals surface area contributed by atoms with E-state index in [1.807, 2.05) is 0 Å². The summed E-state index contributed by atoms with van der Waals surface area (Å²) < 4.78 is 5.08. The molecule has 124 valence electrons. The summed E-state index contributed by atoms with van der Waals surface area (Å²) in [5.41, 5.74) is 2.79. The predicted molar refractivity (Wildman–Crippen MR) is 91.4 cm³/mol. The molecule has 1 aromatic rings. The SMILES string of the molecule is CCOC(=O)[C@H]1NCSC1C(=O)CC1CCc2ccccc2C1. The first kappa shape index (κ1) is 16.5. The van der Waals surface area contributed by atoms with Crippen LogP contribution in [0.15, 0.2) is 24.3 Å². The predicted octanol–water partition coefficient (Wildman–Crippen LogP) is 2.34. The molecule has 1 heterocycles. The van der Waals surface area contributed by atoms with Gasteiger partial charge < -0.3 is 4.74 Å². The van der Waals surface area contributed by atoms with Crippen molar-refractivity contribution in [2.75, 3.05) is 12.5 Å². The van der Waals surface area contributed by atoms with Gasteiger partial charge in [0.25, 0.3) is 0 Å². The molecule has 4 nitrogen and oxygen atoms in total. The number of carbonyl (C=O) groups is 2. The number of carbonyl (C=O) groups excluding carboxylic acids is 2. The van der Waals surface area contributed by atoms with E-state index in [4.69, 9.17) is 4.74 Å². The Hall–Kier alpha value is -1.33. The summed E-state index contributed by atoms with van der Waals surface area (Å²) in [7, 11) is 0. The van der Waals surface area contributed by atoms with E-state index in [0.29, 0.717) is 24.8 Å². The molecule has 0 radical (unpaired) electrons. The maximum Gasteiger partial charge on any atom is 0.324 e. The van der Waals surface area contributed by atoms with Crippen molar-refractivity contribution in [1.82, 2.24) is 5.32 Å². The van der Waals surface area contributed by atoms with Crippen molar-refractivity contribution in [2.24, 2.45) is 5.92 Å². The number of thioether (sulfide) groups is 1. The fourth-order valence-electron chi connectivity index (χ4n) is 3.50. The Balaban J connectivity index is 1.60. The van der Waals surface area contributed by atoms with Crippen molar-refractivity contribution in [3.05, 3.63) is 35.4 Å². The topological polar surface area (TPSA) is 55.4 Å². The van der Waals surface area contributed by atoms with Crippen LogP contribution in [0.3, 0.4) is 0 Å². The number of aryl methyl sites for hydroxylation is 1. The van der Waals surface area contributed by atoms with E-state index in [1.54, 1.807) is 6.92 Å². The molecule has 23 heavy (non-hydrogen) atoms. The number of hydrogen-bond donors (Lipinski definition) is 1. The fourth-order valence-corrected chi connectivity index (χ4v) is 4.63. The number of esters is 1. The normalized spacial score (nSPS) is 26.6. The van der Waals surface area contributed by atoms with Crippen LogP contribution < -0.4 is 5.32 Å². The molecule has 3 rings (SSSR count). The van der Waals surface area contributed by atoms with Gasteiger partial charge in [0.15, 0.2) is 0 Å². The zero-order valence-electron chi connectivity index (χ0n) is 13.4. The number of ether oxygens (including phenoxy) is 1. The molecule has 3 atom stereocenters. The summed E-state index contributed by atoms with van der Waals surface area (Å²) in [6.45, 7) is 2.14. The van der Waals surface area contributed by atoms with Gasteiger partial charge in [-0.15, -0.1) is 11.8 Å². The molecule has 0 saturated carbocycles. The second kappa shape index (κ2) is 7.49. The highest BCUT2D eigenvalue weighted by molar-refractivity contribution is 8.00. The Kier molecular flexibility index (Phi) is 5.38. The fraction of sp³-hybridized carbons (Fsp3) is 0.556. The Morgan fingerprint density at radius 1 is 1.30 bits per heavy atom. The summed E-state index contributed by atoms with van der Waals surface area (Å²) in [6.07, 6.45) is 3.63. The standard InChI is InChI=1S/C18H23NO3S/c1-2-22-18(21)16-17(23-11-19-16)15(20)10-12-7-8-13-5-3-4-6-14(13)9-12/h3-6,12,16-17,19H,2,7-11H2,1H3/t12?,16-,17?/m0/s1. The van der Waals surface area contributed by atoms with Gasteiger partial charge in [-0.1, -0.05) is 24.3 Å². The van der Waals surface area contributed by atoms with Crippen molar-refractivity contribution in [1.29, 1.82) is 0 Å². The van der Waals surface area contributed by atoms with Crippen molar-refractivity contribution in [3.8, 4) is 0 Å². The number of benzene rings is 1. The Labute approximate surface area is 141 Å². The van der Waals surface area contributed by atoms with Gasteiger partial charge in [-0.2, -0.15) is 0 Å². The minimum absolute atomic E-state index is 0.183. The third kappa shape index (κ3) is 3.78. The number of ketones is 1. The van der Waals surface area contributed by atoms with Crippen molar-refractivity contribution in [3.63, 3.8) is 0 Å². The molecular formula is C18H23NO3S. The number of Topliss-reactive ketones (excluding diaryl/α,β-unsaturated/α-hetero) is 1. The molecule has 1 aliphatic heterocycles. The zero-order valence-corrected chi connectivity index (χ0v) is 14.2. The number of hydrogen-bond acceptors (Lipinski definition) is 5. The van der Waals surface area contributed by atoms with Crippen LogP contribution >= 0.6 is 11.8 Å². The number of rotatable bonds is 5. The van der Waals surface area contributed by atoms with Crippen molar-refractivity contribution < 1.29 is 14.3 Å². The molecular weight excluding hydrogens is 310 g/mol. The molecule has 0 aromatic heterocycles. The molecule has 1 aliphatic carbocycles. The zero-order chi connectivity index (χ0) is 16.2. The quantitative estimate of drug-likeness (QED) is 0.838. The molecule has 1 aromatic carbocycles. The Morgan fingerprint density at radius 2 is 2.09 bits per heavy atom. The van der Waals surface area contributed by atoms with Crippen LogP contribution in [0, 0.1) is 5.92 Å². The van der Waals surface area contributed by atoms with Crippen LogP contribution in [0.5, 0.6) is 0 Å². The maximum atomic E-state index is 12.7. The van der Waals surface area contributed by atoms with Gasteiger partial charge in [0.1, 0.15) is 11.8 Å². The first-order valence-corrected chi connectivity index (χ1v) is 9.35. The van der Waals surface area contributed by atoms with Crippen LogP contribution in [0.1, 0.15) is 30.9 Å². The van der Waals surface area contributed by atoms with Crippen LogP contribution in [-0.4, -0.2) is 35.5 Å². The van der Waals surface area contributed by atoms with Gasteiger partial charge in [-0.25, -0.2) is 0 Å². The second-order valence-electron chi connectivity index (χ2n) is 6.21. The van der Waals surface area contributed by atoms with Crippen molar-refractivity contribution >= 4 is 23.5 Å². The summed E-state index contributed by atoms with van der Waals surface area (Å²) in [4.78, 5) is 24.6. The van der Waals surface area contributed by atoms with Crippen LogP contribution in [0.2, 0.25) is 0 Å². The second-order valence-corrected chi connectivity index (χ2v) is 7.34. The Bertz CT molecular complexity index is 589.